The molecule has 30 heavy (non-hydrogen) atoms. The minimum atomic E-state index is -4.42. The van der Waals surface area contributed by atoms with Crippen LogP contribution in [0.5, 0.6) is 0 Å². The smallest absolute Gasteiger partial charge is 0.357 e. The van der Waals surface area contributed by atoms with Crippen molar-refractivity contribution in [2.45, 2.75) is 38.9 Å². The molecule has 1 aliphatic carbocycles. The summed E-state index contributed by atoms with van der Waals surface area (Å²) in [6.45, 7) is 7.40. The molecule has 11 heteroatoms. The molecule has 2 N–H and O–H groups in total. The average molecular weight is 447 g/mol. The van der Waals surface area contributed by atoms with Gasteiger partial charge in [-0.3, -0.25) is 9.69 Å². The Balaban J connectivity index is 1.40. The summed E-state index contributed by atoms with van der Waals surface area (Å²) in [4.78, 5) is 24.5. The highest BCUT2D eigenvalue weighted by atomic mass is 32.1. The zero-order chi connectivity index (χ0) is 21.6. The number of amides is 1. The van der Waals surface area contributed by atoms with Crippen LogP contribution in [-0.4, -0.2) is 72.5 Å². The van der Waals surface area contributed by atoms with Crippen LogP contribution in [0.3, 0.4) is 0 Å². The lowest BCUT2D eigenvalue weighted by Crippen LogP contribution is -2.52. The Morgan fingerprint density at radius 2 is 2.00 bits per heavy atom. The molecule has 3 rings (SSSR count). The number of halogens is 3. The lowest BCUT2D eigenvalue weighted by Gasteiger charge is -2.38. The first kappa shape index (κ1) is 22.8. The highest BCUT2D eigenvalue weighted by Crippen LogP contribution is 2.30. The molecule has 1 aliphatic heterocycles. The normalized spacial score (nSPS) is 18.9. The maximum absolute atomic E-state index is 12.7. The van der Waals surface area contributed by atoms with E-state index in [1.165, 1.54) is 6.42 Å². The Morgan fingerprint density at radius 3 is 2.57 bits per heavy atom. The van der Waals surface area contributed by atoms with Crippen molar-refractivity contribution in [1.82, 2.24) is 25.4 Å². The largest absolute Gasteiger partial charge is 0.434 e. The van der Waals surface area contributed by atoms with Gasteiger partial charge in [-0.15, -0.1) is 11.3 Å². The van der Waals surface area contributed by atoms with Crippen molar-refractivity contribution < 1.29 is 18.0 Å². The molecule has 0 atom stereocenters. The van der Waals surface area contributed by atoms with Gasteiger partial charge in [0.1, 0.15) is 5.01 Å². The standard InChI is InChI=1S/C19H29F3N6OS/c1-2-23-18(25-12-16-26-15(13-30-16)19(20,21)22)24-6-7-27-8-10-28(11-9-27)17(29)14-4-3-5-14/h13-14H,2-12H2,1H3,(H2,23,24,25). The summed E-state index contributed by atoms with van der Waals surface area (Å²) in [6, 6.07) is 0. The molecule has 1 aromatic rings. The molecule has 1 saturated carbocycles. The van der Waals surface area contributed by atoms with Crippen LogP contribution in [0.4, 0.5) is 13.2 Å². The third-order valence-corrected chi connectivity index (χ3v) is 6.25. The van der Waals surface area contributed by atoms with E-state index in [9.17, 15) is 18.0 Å². The number of alkyl halides is 3. The fraction of sp³-hybridized carbons (Fsp3) is 0.737. The number of aliphatic imine (C=N–C) groups is 1. The number of aromatic nitrogens is 1. The van der Waals surface area contributed by atoms with Crippen molar-refractivity contribution in [3.8, 4) is 0 Å². The Morgan fingerprint density at radius 1 is 1.27 bits per heavy atom. The third-order valence-electron chi connectivity index (χ3n) is 5.42. The average Bonchev–Trinajstić information content (AvgIpc) is 3.15. The molecule has 0 unspecified atom stereocenters. The van der Waals surface area contributed by atoms with Gasteiger partial charge in [-0.05, 0) is 19.8 Å². The van der Waals surface area contributed by atoms with Crippen LogP contribution in [0.25, 0.3) is 0 Å². The van der Waals surface area contributed by atoms with Crippen molar-refractivity contribution >= 4 is 23.2 Å². The number of guanidine groups is 1. The maximum Gasteiger partial charge on any atom is 0.434 e. The van der Waals surface area contributed by atoms with E-state index in [-0.39, 0.29) is 12.5 Å². The number of piperazine rings is 1. The van der Waals surface area contributed by atoms with Crippen LogP contribution in [0.15, 0.2) is 10.4 Å². The Bertz CT molecular complexity index is 726. The van der Waals surface area contributed by atoms with Gasteiger partial charge in [-0.2, -0.15) is 13.2 Å². The number of thiazole rings is 1. The first-order valence-corrected chi connectivity index (χ1v) is 11.3. The number of carbonyl (C=O) groups is 1. The van der Waals surface area contributed by atoms with Crippen molar-refractivity contribution in [3.05, 3.63) is 16.1 Å². The Labute approximate surface area is 178 Å². The van der Waals surface area contributed by atoms with Crippen molar-refractivity contribution in [3.63, 3.8) is 0 Å². The van der Waals surface area contributed by atoms with Crippen LogP contribution in [0, 0.1) is 5.92 Å². The van der Waals surface area contributed by atoms with Gasteiger partial charge in [-0.25, -0.2) is 9.98 Å². The van der Waals surface area contributed by atoms with Crippen molar-refractivity contribution in [1.29, 1.82) is 0 Å². The maximum atomic E-state index is 12.7. The van der Waals surface area contributed by atoms with Gasteiger partial charge in [0.05, 0.1) is 6.54 Å². The van der Waals surface area contributed by atoms with Gasteiger partial charge in [0.2, 0.25) is 5.91 Å². The van der Waals surface area contributed by atoms with Gasteiger partial charge >= 0.3 is 6.18 Å². The van der Waals surface area contributed by atoms with E-state index in [0.717, 1.165) is 62.3 Å². The molecule has 168 valence electrons. The topological polar surface area (TPSA) is 72.9 Å². The quantitative estimate of drug-likeness (QED) is 0.496. The van der Waals surface area contributed by atoms with Crippen LogP contribution in [-0.2, 0) is 17.5 Å². The van der Waals surface area contributed by atoms with Gasteiger partial charge < -0.3 is 15.5 Å². The predicted octanol–water partition coefficient (Wildman–Crippen LogP) is 2.16. The minimum absolute atomic E-state index is 0.0953. The predicted molar refractivity (Wildman–Crippen MR) is 110 cm³/mol. The van der Waals surface area contributed by atoms with E-state index in [2.05, 4.69) is 25.5 Å². The summed E-state index contributed by atoms with van der Waals surface area (Å²) in [5.74, 6) is 1.12. The third kappa shape index (κ3) is 6.31. The molecule has 0 aromatic carbocycles. The second kappa shape index (κ2) is 10.4. The monoisotopic (exact) mass is 446 g/mol. The lowest BCUT2D eigenvalue weighted by molar-refractivity contribution is -0.141. The molecule has 1 aromatic heterocycles. The zero-order valence-electron chi connectivity index (χ0n) is 17.2. The summed E-state index contributed by atoms with van der Waals surface area (Å²) in [5.41, 5.74) is -0.870. The van der Waals surface area contributed by atoms with Crippen molar-refractivity contribution in [2.24, 2.45) is 10.9 Å². The van der Waals surface area contributed by atoms with Gasteiger partial charge in [-0.1, -0.05) is 6.42 Å². The molecule has 1 amide bonds. The first-order valence-electron chi connectivity index (χ1n) is 10.4. The van der Waals surface area contributed by atoms with E-state index >= 15 is 0 Å². The number of hydrogen-bond acceptors (Lipinski definition) is 5. The molecule has 0 bridgehead atoms. The molecule has 0 radical (unpaired) electrons. The Kier molecular flexibility index (Phi) is 7.93. The van der Waals surface area contributed by atoms with Crippen LogP contribution < -0.4 is 10.6 Å². The summed E-state index contributed by atoms with van der Waals surface area (Å²) in [5, 5.41) is 7.65. The molecule has 1 saturated heterocycles. The number of carbonyl (C=O) groups excluding carboxylic acids is 1. The fourth-order valence-corrected chi connectivity index (χ4v) is 4.16. The highest BCUT2D eigenvalue weighted by Gasteiger charge is 2.33. The number of rotatable bonds is 7. The van der Waals surface area contributed by atoms with Crippen LogP contribution >= 0.6 is 11.3 Å². The second-order valence-corrected chi connectivity index (χ2v) is 8.48. The zero-order valence-corrected chi connectivity index (χ0v) is 18.0. The van der Waals surface area contributed by atoms with Gasteiger partial charge in [0.15, 0.2) is 11.7 Å². The second-order valence-electron chi connectivity index (χ2n) is 7.54. The van der Waals surface area contributed by atoms with Gasteiger partial charge in [0.25, 0.3) is 0 Å². The Hall–Kier alpha value is -1.88. The molecule has 2 fully saturated rings. The number of nitrogens with zero attached hydrogens (tertiary/aromatic N) is 4. The summed E-state index contributed by atoms with van der Waals surface area (Å²) in [6.07, 6.45) is -1.18. The van der Waals surface area contributed by atoms with E-state index < -0.39 is 11.9 Å². The highest BCUT2D eigenvalue weighted by molar-refractivity contribution is 7.09. The minimum Gasteiger partial charge on any atom is -0.357 e. The molecule has 2 aliphatic rings. The van der Waals surface area contributed by atoms with E-state index in [4.69, 9.17) is 0 Å². The SMILES string of the molecule is CCNC(=NCc1nc(C(F)(F)F)cs1)NCCN1CCN(C(=O)C2CCC2)CC1. The summed E-state index contributed by atoms with van der Waals surface area (Å²) >= 11 is 0.959. The first-order chi connectivity index (χ1) is 14.4. The molecular formula is C19H29F3N6OS. The van der Waals surface area contributed by atoms with E-state index in [1.54, 1.807) is 0 Å². The summed E-state index contributed by atoms with van der Waals surface area (Å²) in [7, 11) is 0. The van der Waals surface area contributed by atoms with E-state index in [1.807, 2.05) is 11.8 Å². The molecular weight excluding hydrogens is 417 g/mol. The van der Waals surface area contributed by atoms with Gasteiger partial charge in [0, 0.05) is 57.1 Å². The van der Waals surface area contributed by atoms with Crippen molar-refractivity contribution in [2.75, 3.05) is 45.8 Å². The number of nitrogens with one attached hydrogen (secondary N) is 2. The molecule has 7 nitrogen and oxygen atoms in total. The van der Waals surface area contributed by atoms with Crippen LogP contribution in [0.1, 0.15) is 36.9 Å². The molecule has 2 heterocycles. The van der Waals surface area contributed by atoms with Crippen LogP contribution in [0.2, 0.25) is 0 Å². The summed E-state index contributed by atoms with van der Waals surface area (Å²) < 4.78 is 38.0. The lowest BCUT2D eigenvalue weighted by atomic mass is 9.84. The number of hydrogen-bond donors (Lipinski definition) is 2. The fourth-order valence-electron chi connectivity index (χ4n) is 3.44. The molecule has 0 spiro atoms. The van der Waals surface area contributed by atoms with E-state index in [0.29, 0.717) is 30.0 Å².